The van der Waals surface area contributed by atoms with E-state index in [0.717, 1.165) is 27.3 Å². The molecule has 0 aliphatic rings. The highest BCUT2D eigenvalue weighted by atomic mass is 32.1. The predicted octanol–water partition coefficient (Wildman–Crippen LogP) is 6.79. The summed E-state index contributed by atoms with van der Waals surface area (Å²) in [6.07, 6.45) is 1.60. The van der Waals surface area contributed by atoms with E-state index in [9.17, 15) is 4.79 Å². The molecule has 0 bridgehead atoms. The third-order valence-electron chi connectivity index (χ3n) is 5.05. The first-order valence-corrected chi connectivity index (χ1v) is 11.0. The zero-order valence-electron chi connectivity index (χ0n) is 17.1. The lowest BCUT2D eigenvalue weighted by Crippen LogP contribution is -2.13. The van der Waals surface area contributed by atoms with E-state index in [1.54, 1.807) is 24.4 Å². The number of aromatic nitrogens is 2. The maximum absolute atomic E-state index is 12.6. The van der Waals surface area contributed by atoms with E-state index in [4.69, 9.17) is 4.98 Å². The third-order valence-corrected chi connectivity index (χ3v) is 6.07. The quantitative estimate of drug-likeness (QED) is 0.332. The predicted molar refractivity (Wildman–Crippen MR) is 131 cm³/mol. The van der Waals surface area contributed by atoms with Crippen molar-refractivity contribution in [3.63, 3.8) is 0 Å². The van der Waals surface area contributed by atoms with Crippen molar-refractivity contribution in [2.45, 2.75) is 0 Å². The molecule has 0 spiro atoms. The van der Waals surface area contributed by atoms with Crippen molar-refractivity contribution >= 4 is 22.4 Å². The van der Waals surface area contributed by atoms with E-state index in [1.165, 1.54) is 16.9 Å². The van der Waals surface area contributed by atoms with Gasteiger partial charge in [0.1, 0.15) is 5.69 Å². The first-order valence-electron chi connectivity index (χ1n) is 10.2. The van der Waals surface area contributed by atoms with Gasteiger partial charge in [0.05, 0.1) is 10.6 Å². The van der Waals surface area contributed by atoms with Gasteiger partial charge >= 0.3 is 0 Å². The highest BCUT2D eigenvalue weighted by Gasteiger charge is 2.17. The van der Waals surface area contributed by atoms with Crippen molar-refractivity contribution in [2.24, 2.45) is 0 Å². The maximum Gasteiger partial charge on any atom is 0.276 e. The van der Waals surface area contributed by atoms with E-state index in [1.807, 2.05) is 48.5 Å². The number of hydrogen-bond acceptors (Lipinski definition) is 4. The second-order valence-corrected chi connectivity index (χ2v) is 8.17. The Morgan fingerprint density at radius 2 is 1.25 bits per heavy atom. The summed E-state index contributed by atoms with van der Waals surface area (Å²) in [5.41, 5.74) is 5.60. The van der Waals surface area contributed by atoms with Crippen LogP contribution in [-0.4, -0.2) is 15.9 Å². The monoisotopic (exact) mass is 433 g/mol. The molecule has 3 aromatic carbocycles. The van der Waals surface area contributed by atoms with Crippen molar-refractivity contribution in [1.29, 1.82) is 0 Å². The number of anilines is 1. The van der Waals surface area contributed by atoms with Gasteiger partial charge < -0.3 is 0 Å². The van der Waals surface area contributed by atoms with Crippen LogP contribution in [0.3, 0.4) is 0 Å². The van der Waals surface area contributed by atoms with Crippen LogP contribution in [0.4, 0.5) is 5.13 Å². The third kappa shape index (κ3) is 4.19. The minimum Gasteiger partial charge on any atom is -0.296 e. The van der Waals surface area contributed by atoms with Gasteiger partial charge in [0, 0.05) is 11.8 Å². The van der Waals surface area contributed by atoms with Crippen LogP contribution in [0.25, 0.3) is 32.8 Å². The summed E-state index contributed by atoms with van der Waals surface area (Å²) in [5, 5.41) is 3.44. The molecule has 0 radical (unpaired) electrons. The standard InChI is InChI=1S/C27H19N3OS/c31-26(23-13-7-8-18-28-23)30-27-29-24(21-11-5-2-6-12-21)25(32-27)22-16-14-20(15-17-22)19-9-3-1-4-10-19/h1-18H,(H,29,30,31). The lowest BCUT2D eigenvalue weighted by atomic mass is 10.0. The van der Waals surface area contributed by atoms with Crippen molar-refractivity contribution < 1.29 is 4.79 Å². The van der Waals surface area contributed by atoms with Crippen LogP contribution in [0.2, 0.25) is 0 Å². The van der Waals surface area contributed by atoms with Gasteiger partial charge in [-0.3, -0.25) is 15.1 Å². The number of nitrogens with one attached hydrogen (secondary N) is 1. The number of carbonyl (C=O) groups excluding carboxylic acids is 1. The number of carbonyl (C=O) groups is 1. The molecule has 154 valence electrons. The second kappa shape index (κ2) is 8.96. The zero-order valence-corrected chi connectivity index (χ0v) is 17.9. The van der Waals surface area contributed by atoms with Gasteiger partial charge in [0.15, 0.2) is 5.13 Å². The molecule has 0 aliphatic heterocycles. The highest BCUT2D eigenvalue weighted by Crippen LogP contribution is 2.39. The lowest BCUT2D eigenvalue weighted by molar-refractivity contribution is 0.102. The normalized spacial score (nSPS) is 10.6. The molecular weight excluding hydrogens is 414 g/mol. The summed E-state index contributed by atoms with van der Waals surface area (Å²) >= 11 is 1.46. The molecule has 0 aliphatic carbocycles. The first kappa shape index (κ1) is 19.8. The molecule has 2 aromatic heterocycles. The molecule has 32 heavy (non-hydrogen) atoms. The summed E-state index contributed by atoms with van der Waals surface area (Å²) < 4.78 is 0. The van der Waals surface area contributed by atoms with E-state index < -0.39 is 0 Å². The Morgan fingerprint density at radius 1 is 0.656 bits per heavy atom. The largest absolute Gasteiger partial charge is 0.296 e. The van der Waals surface area contributed by atoms with Crippen LogP contribution >= 0.6 is 11.3 Å². The molecule has 0 saturated carbocycles. The average Bonchev–Trinajstić information content (AvgIpc) is 3.29. The summed E-state index contributed by atoms with van der Waals surface area (Å²) in [6, 6.07) is 34.0. The number of rotatable bonds is 5. The smallest absolute Gasteiger partial charge is 0.276 e. The second-order valence-electron chi connectivity index (χ2n) is 7.18. The van der Waals surface area contributed by atoms with Gasteiger partial charge in [-0.2, -0.15) is 0 Å². The summed E-state index contributed by atoms with van der Waals surface area (Å²) in [7, 11) is 0. The van der Waals surface area contributed by atoms with Crippen molar-refractivity contribution in [2.75, 3.05) is 5.32 Å². The Bertz CT molecular complexity index is 1330. The van der Waals surface area contributed by atoms with Crippen LogP contribution in [0.1, 0.15) is 10.5 Å². The maximum atomic E-state index is 12.6. The number of benzene rings is 3. The Hall–Kier alpha value is -4.09. The van der Waals surface area contributed by atoms with Gasteiger partial charge in [-0.25, -0.2) is 4.98 Å². The molecule has 0 atom stereocenters. The van der Waals surface area contributed by atoms with Gasteiger partial charge in [-0.05, 0) is 28.8 Å². The Balaban J connectivity index is 1.51. The van der Waals surface area contributed by atoms with Crippen molar-refractivity contribution in [1.82, 2.24) is 9.97 Å². The van der Waals surface area contributed by atoms with Gasteiger partial charge in [-0.1, -0.05) is 102 Å². The number of pyridine rings is 1. The summed E-state index contributed by atoms with van der Waals surface area (Å²) in [4.78, 5) is 22.5. The van der Waals surface area contributed by atoms with E-state index in [2.05, 4.69) is 46.7 Å². The van der Waals surface area contributed by atoms with Crippen LogP contribution < -0.4 is 5.32 Å². The highest BCUT2D eigenvalue weighted by molar-refractivity contribution is 7.19. The fraction of sp³-hybridized carbons (Fsp3) is 0. The number of hydrogen-bond donors (Lipinski definition) is 1. The molecule has 5 aromatic rings. The molecule has 5 heteroatoms. The molecule has 1 amide bonds. The zero-order chi connectivity index (χ0) is 21.8. The molecule has 0 fully saturated rings. The number of amides is 1. The fourth-order valence-corrected chi connectivity index (χ4v) is 4.45. The lowest BCUT2D eigenvalue weighted by Gasteiger charge is -2.05. The SMILES string of the molecule is O=C(Nc1nc(-c2ccccc2)c(-c2ccc(-c3ccccc3)cc2)s1)c1ccccn1. The average molecular weight is 434 g/mol. The number of nitrogens with zero attached hydrogens (tertiary/aromatic N) is 2. The molecule has 5 rings (SSSR count). The minimum absolute atomic E-state index is 0.273. The van der Waals surface area contributed by atoms with E-state index in [0.29, 0.717) is 10.8 Å². The topological polar surface area (TPSA) is 54.9 Å². The molecule has 1 N–H and O–H groups in total. The first-order chi connectivity index (χ1) is 15.8. The Labute approximate surface area is 190 Å². The van der Waals surface area contributed by atoms with E-state index >= 15 is 0 Å². The summed E-state index contributed by atoms with van der Waals surface area (Å²) in [5.74, 6) is -0.273. The minimum atomic E-state index is -0.273. The van der Waals surface area contributed by atoms with Crippen molar-refractivity contribution in [3.05, 3.63) is 115 Å². The van der Waals surface area contributed by atoms with Crippen LogP contribution in [0, 0.1) is 0 Å². The van der Waals surface area contributed by atoms with Gasteiger partial charge in [0.2, 0.25) is 0 Å². The van der Waals surface area contributed by atoms with Gasteiger partial charge in [0.25, 0.3) is 5.91 Å². The van der Waals surface area contributed by atoms with Crippen molar-refractivity contribution in [3.8, 4) is 32.8 Å². The Kier molecular flexibility index (Phi) is 5.56. The molecule has 2 heterocycles. The van der Waals surface area contributed by atoms with Gasteiger partial charge in [-0.15, -0.1) is 0 Å². The van der Waals surface area contributed by atoms with Crippen LogP contribution in [0.15, 0.2) is 109 Å². The Morgan fingerprint density at radius 3 is 1.91 bits per heavy atom. The molecule has 0 saturated heterocycles. The number of thiazole rings is 1. The molecular formula is C27H19N3OS. The molecule has 0 unspecified atom stereocenters. The fourth-order valence-electron chi connectivity index (χ4n) is 3.46. The van der Waals surface area contributed by atoms with Crippen LogP contribution in [-0.2, 0) is 0 Å². The summed E-state index contributed by atoms with van der Waals surface area (Å²) in [6.45, 7) is 0. The van der Waals surface area contributed by atoms with E-state index in [-0.39, 0.29) is 5.91 Å². The molecule has 4 nitrogen and oxygen atoms in total. The van der Waals surface area contributed by atoms with Crippen LogP contribution in [0.5, 0.6) is 0 Å².